The predicted molar refractivity (Wildman–Crippen MR) is 187 cm³/mol. The summed E-state index contributed by atoms with van der Waals surface area (Å²) in [6.07, 6.45) is 12.1. The highest BCUT2D eigenvalue weighted by Crippen LogP contribution is 2.43. The lowest BCUT2D eigenvalue weighted by Crippen LogP contribution is -2.52. The smallest absolute Gasteiger partial charge is 0.243 e. The topological polar surface area (TPSA) is 143 Å². The second-order valence-electron chi connectivity index (χ2n) is 13.8. The van der Waals surface area contributed by atoms with Gasteiger partial charge in [0.05, 0.1) is 15.5 Å². The second-order valence-corrected chi connectivity index (χ2v) is 17.7. The molecule has 0 radical (unpaired) electrons. The molecule has 4 aliphatic rings. The minimum Gasteiger partial charge on any atom is -0.298 e. The number of anilines is 1. The number of rotatable bonds is 8. The van der Waals surface area contributed by atoms with Gasteiger partial charge in [-0.3, -0.25) is 20.5 Å². The summed E-state index contributed by atoms with van der Waals surface area (Å²) in [6, 6.07) is 9.96. The van der Waals surface area contributed by atoms with Gasteiger partial charge in [0.2, 0.25) is 20.0 Å². The van der Waals surface area contributed by atoms with Gasteiger partial charge in [0.15, 0.2) is 0 Å². The molecule has 2 aliphatic carbocycles. The summed E-state index contributed by atoms with van der Waals surface area (Å²) < 4.78 is 58.4. The van der Waals surface area contributed by atoms with Crippen molar-refractivity contribution in [3.8, 4) is 0 Å². The molecule has 2 aliphatic heterocycles. The van der Waals surface area contributed by atoms with Crippen molar-refractivity contribution in [3.05, 3.63) is 41.3 Å². The fourth-order valence-corrected chi connectivity index (χ4v) is 11.4. The zero-order valence-electron chi connectivity index (χ0n) is 27.4. The van der Waals surface area contributed by atoms with Gasteiger partial charge in [-0.05, 0) is 55.1 Å². The molecule has 48 heavy (non-hydrogen) atoms. The average molecular weight is 699 g/mol. The van der Waals surface area contributed by atoms with Crippen LogP contribution in [0.4, 0.5) is 11.4 Å². The van der Waals surface area contributed by atoms with E-state index >= 15 is 0 Å². The maximum absolute atomic E-state index is 13.9. The highest BCUT2D eigenvalue weighted by Gasteiger charge is 2.34. The first-order valence-electron chi connectivity index (χ1n) is 17.5. The Labute approximate surface area is 283 Å². The number of piperazine rings is 2. The van der Waals surface area contributed by atoms with E-state index in [4.69, 9.17) is 0 Å². The van der Waals surface area contributed by atoms with Crippen LogP contribution >= 0.6 is 0 Å². The van der Waals surface area contributed by atoms with E-state index in [1.54, 1.807) is 12.1 Å². The van der Waals surface area contributed by atoms with E-state index in [1.807, 2.05) is 0 Å². The molecule has 2 saturated heterocycles. The molecular formula is C34H46N6O6S2. The fourth-order valence-electron chi connectivity index (χ4n) is 8.51. The lowest BCUT2D eigenvalue weighted by molar-refractivity contribution is 0.111. The van der Waals surface area contributed by atoms with Gasteiger partial charge in [0.25, 0.3) is 0 Å². The normalized spacial score (nSPS) is 22.4. The molecule has 12 nitrogen and oxygen atoms in total. The van der Waals surface area contributed by atoms with Crippen molar-refractivity contribution in [2.24, 2.45) is 5.18 Å². The van der Waals surface area contributed by atoms with Crippen molar-refractivity contribution >= 4 is 53.0 Å². The molecule has 0 amide bonds. The number of benzene rings is 3. The Kier molecular flexibility index (Phi) is 9.77. The molecule has 3 aromatic rings. The minimum atomic E-state index is -3.89. The number of sulfonamides is 2. The molecule has 0 unspecified atom stereocenters. The van der Waals surface area contributed by atoms with Crippen molar-refractivity contribution in [2.45, 2.75) is 86.1 Å². The largest absolute Gasteiger partial charge is 0.298 e. The third-order valence-corrected chi connectivity index (χ3v) is 15.0. The number of nitrogens with zero attached hydrogens (tertiary/aromatic N) is 5. The zero-order chi connectivity index (χ0) is 33.5. The highest BCUT2D eigenvalue weighted by atomic mass is 32.2. The van der Waals surface area contributed by atoms with Crippen LogP contribution in [0.2, 0.25) is 0 Å². The van der Waals surface area contributed by atoms with Crippen molar-refractivity contribution in [1.82, 2.24) is 18.4 Å². The maximum atomic E-state index is 13.9. The number of fused-ring (bicyclic) bond motifs is 2. The summed E-state index contributed by atoms with van der Waals surface area (Å²) in [5.74, 6) is 0. The Balaban J connectivity index is 1.18. The standard InChI is InChI=1S/C34H46N6O6S2/c41-35-33-29-13-11-27(47(43,44)39-19-15-37(16-20-39)25-7-3-1-4-8-25)23-31(29)34(36-42)32-24-28(12-14-30(32)33)48(45,46)40-21-17-38(18-22-40)26-9-5-2-6-10-26/h11-14,23-26,35,41H,1-10,15-22H2. The Bertz CT molecular complexity index is 1750. The molecule has 14 heteroatoms. The summed E-state index contributed by atoms with van der Waals surface area (Å²) in [5, 5.41) is 14.7. The summed E-state index contributed by atoms with van der Waals surface area (Å²) in [4.78, 5) is 17.3. The summed E-state index contributed by atoms with van der Waals surface area (Å²) in [5.41, 5.74) is 2.37. The van der Waals surface area contributed by atoms with E-state index in [2.05, 4.69) is 20.5 Å². The first-order chi connectivity index (χ1) is 23.2. The van der Waals surface area contributed by atoms with Gasteiger partial charge in [0, 0.05) is 86.0 Å². The van der Waals surface area contributed by atoms with E-state index in [0.29, 0.717) is 75.2 Å². The minimum absolute atomic E-state index is 0.0221. The Morgan fingerprint density at radius 1 is 0.583 bits per heavy atom. The third-order valence-electron chi connectivity index (χ3n) is 11.2. The number of hydrogen-bond donors (Lipinski definition) is 2. The Hall–Kier alpha value is -2.72. The van der Waals surface area contributed by atoms with Crippen LogP contribution in [0.1, 0.15) is 64.2 Å². The van der Waals surface area contributed by atoms with Crippen LogP contribution in [0.5, 0.6) is 0 Å². The van der Waals surface area contributed by atoms with Crippen LogP contribution < -0.4 is 5.48 Å². The van der Waals surface area contributed by atoms with Crippen LogP contribution in [-0.2, 0) is 20.0 Å². The van der Waals surface area contributed by atoms with Crippen molar-refractivity contribution < 1.29 is 22.0 Å². The quantitative estimate of drug-likeness (QED) is 0.178. The molecule has 2 N–H and O–H groups in total. The van der Waals surface area contributed by atoms with E-state index in [9.17, 15) is 26.9 Å². The van der Waals surface area contributed by atoms with Gasteiger partial charge in [-0.1, -0.05) is 50.7 Å². The SMILES string of the molecule is O=Nc1c2cc(S(=O)(=O)N3CCN(C4CCCCC4)CC3)ccc2c(NO)c2ccc(S(=O)(=O)N3CCN(C4CCCCC4)CC3)cc12. The third kappa shape index (κ3) is 6.25. The average Bonchev–Trinajstić information content (AvgIpc) is 3.14. The molecule has 7 rings (SSSR count). The lowest BCUT2D eigenvalue weighted by atomic mass is 9.94. The Morgan fingerprint density at radius 2 is 0.979 bits per heavy atom. The molecule has 0 atom stereocenters. The molecule has 260 valence electrons. The summed E-state index contributed by atoms with van der Waals surface area (Å²) in [6.45, 7) is 4.23. The zero-order valence-corrected chi connectivity index (χ0v) is 29.0. The van der Waals surface area contributed by atoms with Gasteiger partial charge in [0.1, 0.15) is 5.69 Å². The second kappa shape index (κ2) is 13.9. The van der Waals surface area contributed by atoms with Crippen molar-refractivity contribution in [2.75, 3.05) is 57.8 Å². The van der Waals surface area contributed by atoms with Crippen LogP contribution in [0.15, 0.2) is 51.4 Å². The molecule has 4 fully saturated rings. The monoisotopic (exact) mass is 698 g/mol. The van der Waals surface area contributed by atoms with E-state index in [-0.39, 0.29) is 31.9 Å². The van der Waals surface area contributed by atoms with Gasteiger partial charge in [-0.25, -0.2) is 16.8 Å². The van der Waals surface area contributed by atoms with Crippen LogP contribution in [0.3, 0.4) is 0 Å². The van der Waals surface area contributed by atoms with Gasteiger partial charge in [-0.2, -0.15) is 8.61 Å². The van der Waals surface area contributed by atoms with Gasteiger partial charge in [-0.15, -0.1) is 4.91 Å². The molecule has 0 bridgehead atoms. The molecular weight excluding hydrogens is 653 g/mol. The van der Waals surface area contributed by atoms with Crippen LogP contribution in [0, 0.1) is 4.91 Å². The number of hydrogen-bond acceptors (Lipinski definition) is 10. The first-order valence-corrected chi connectivity index (χ1v) is 20.4. The van der Waals surface area contributed by atoms with Gasteiger partial charge < -0.3 is 0 Å². The lowest BCUT2D eigenvalue weighted by Gasteiger charge is -2.40. The van der Waals surface area contributed by atoms with Crippen LogP contribution in [-0.4, -0.2) is 105 Å². The highest BCUT2D eigenvalue weighted by molar-refractivity contribution is 7.89. The predicted octanol–water partition coefficient (Wildman–Crippen LogP) is 5.47. The molecule has 2 saturated carbocycles. The molecule has 3 aromatic carbocycles. The van der Waals surface area contributed by atoms with Gasteiger partial charge >= 0.3 is 0 Å². The molecule has 0 aromatic heterocycles. The first kappa shape index (κ1) is 33.8. The number of nitroso groups, excluding NO2 is 1. The van der Waals surface area contributed by atoms with Crippen molar-refractivity contribution in [3.63, 3.8) is 0 Å². The van der Waals surface area contributed by atoms with E-state index in [0.717, 1.165) is 25.7 Å². The molecule has 2 heterocycles. The van der Waals surface area contributed by atoms with E-state index < -0.39 is 20.0 Å². The van der Waals surface area contributed by atoms with E-state index in [1.165, 1.54) is 71.4 Å². The fraction of sp³-hybridized carbons (Fsp3) is 0.588. The molecule has 0 spiro atoms. The summed E-state index contributed by atoms with van der Waals surface area (Å²) >= 11 is 0. The summed E-state index contributed by atoms with van der Waals surface area (Å²) in [7, 11) is -7.78. The number of nitrogens with one attached hydrogen (secondary N) is 1. The maximum Gasteiger partial charge on any atom is 0.243 e. The van der Waals surface area contributed by atoms with Crippen molar-refractivity contribution in [1.29, 1.82) is 0 Å². The Morgan fingerprint density at radius 3 is 1.33 bits per heavy atom. The van der Waals surface area contributed by atoms with Crippen LogP contribution in [0.25, 0.3) is 21.5 Å².